The minimum atomic E-state index is 0.231. The van der Waals surface area contributed by atoms with E-state index in [1.807, 2.05) is 0 Å². The third kappa shape index (κ3) is 23.1. The lowest BCUT2D eigenvalue weighted by atomic mass is 10.1. The van der Waals surface area contributed by atoms with Gasteiger partial charge < -0.3 is 9.80 Å². The van der Waals surface area contributed by atoms with Crippen LogP contribution in [0.4, 0.5) is 0 Å². The van der Waals surface area contributed by atoms with E-state index < -0.39 is 0 Å². The van der Waals surface area contributed by atoms with Crippen molar-refractivity contribution < 1.29 is 9.28 Å². The predicted octanol–water partition coefficient (Wildman–Crippen LogP) is 6.24. The van der Waals surface area contributed by atoms with E-state index in [2.05, 4.69) is 45.5 Å². The number of allylic oxidation sites excluding steroid dienone is 2. The molecule has 0 aromatic carbocycles. The molecule has 3 nitrogen and oxygen atoms in total. The molecule has 3 heteroatoms. The molecule has 0 bridgehead atoms. The molecule has 0 unspecified atom stereocenters. The van der Waals surface area contributed by atoms with Crippen molar-refractivity contribution in [2.24, 2.45) is 0 Å². The molecule has 0 spiro atoms. The second-order valence-corrected chi connectivity index (χ2v) is 9.05. The van der Waals surface area contributed by atoms with Crippen molar-refractivity contribution in [3.63, 3.8) is 0 Å². The van der Waals surface area contributed by atoms with Gasteiger partial charge in [0.15, 0.2) is 0 Å². The molecule has 0 radical (unpaired) electrons. The maximum Gasteiger partial charge on any atom is 0.219 e. The van der Waals surface area contributed by atoms with Crippen LogP contribution in [0.15, 0.2) is 12.2 Å². The van der Waals surface area contributed by atoms with Gasteiger partial charge in [0.05, 0.1) is 27.7 Å². The van der Waals surface area contributed by atoms with Crippen LogP contribution < -0.4 is 5.32 Å². The second kappa shape index (κ2) is 18.5. The molecule has 0 saturated heterocycles. The van der Waals surface area contributed by atoms with Crippen LogP contribution in [-0.2, 0) is 4.79 Å². The Balaban J connectivity index is 3.26. The van der Waals surface area contributed by atoms with Gasteiger partial charge in [-0.1, -0.05) is 70.4 Å². The molecule has 27 heavy (non-hydrogen) atoms. The first-order valence-electron chi connectivity index (χ1n) is 11.7. The van der Waals surface area contributed by atoms with Crippen molar-refractivity contribution in [3.8, 4) is 0 Å². The summed E-state index contributed by atoms with van der Waals surface area (Å²) in [4.78, 5) is 11.8. The number of rotatable bonds is 19. The van der Waals surface area contributed by atoms with Crippen molar-refractivity contribution in [1.82, 2.24) is 5.32 Å². The fourth-order valence-electron chi connectivity index (χ4n) is 3.23. The number of carbonyl (C=O) groups is 1. The number of hydrogen-bond donors (Lipinski definition) is 1. The Hall–Kier alpha value is -0.830. The highest BCUT2D eigenvalue weighted by Crippen LogP contribution is 2.10. The number of carbonyl (C=O) groups excluding carboxylic acids is 1. The summed E-state index contributed by atoms with van der Waals surface area (Å²) in [6.45, 7) is 4.20. The summed E-state index contributed by atoms with van der Waals surface area (Å²) < 4.78 is 0.962. The molecule has 0 aliphatic carbocycles. The van der Waals surface area contributed by atoms with Crippen LogP contribution in [0, 0.1) is 0 Å². The minimum Gasteiger partial charge on any atom is -0.356 e. The Labute approximate surface area is 170 Å². The summed E-state index contributed by atoms with van der Waals surface area (Å²) in [7, 11) is 6.56. The Kier molecular flexibility index (Phi) is 18.0. The van der Waals surface area contributed by atoms with Gasteiger partial charge in [-0.2, -0.15) is 0 Å². The molecular formula is C24H49N2O+. The van der Waals surface area contributed by atoms with Crippen LogP contribution in [0.2, 0.25) is 0 Å². The highest BCUT2D eigenvalue weighted by molar-refractivity contribution is 5.75. The van der Waals surface area contributed by atoms with Crippen LogP contribution in [0.1, 0.15) is 103 Å². The Morgan fingerprint density at radius 3 is 1.81 bits per heavy atom. The summed E-state index contributed by atoms with van der Waals surface area (Å²) in [6, 6.07) is 0. The quantitative estimate of drug-likeness (QED) is 0.160. The van der Waals surface area contributed by atoms with Crippen LogP contribution in [0.3, 0.4) is 0 Å². The van der Waals surface area contributed by atoms with E-state index >= 15 is 0 Å². The lowest BCUT2D eigenvalue weighted by Gasteiger charge is -2.23. The van der Waals surface area contributed by atoms with Gasteiger partial charge in [-0.15, -0.1) is 0 Å². The van der Waals surface area contributed by atoms with Gasteiger partial charge in [0.2, 0.25) is 5.91 Å². The van der Waals surface area contributed by atoms with Gasteiger partial charge in [-0.3, -0.25) is 4.79 Å². The molecule has 0 aliphatic heterocycles. The fraction of sp³-hybridized carbons (Fsp3) is 0.875. The zero-order chi connectivity index (χ0) is 20.2. The molecule has 0 atom stereocenters. The third-order valence-electron chi connectivity index (χ3n) is 4.99. The zero-order valence-corrected chi connectivity index (χ0v) is 19.0. The van der Waals surface area contributed by atoms with E-state index in [4.69, 9.17) is 0 Å². The predicted molar refractivity (Wildman–Crippen MR) is 120 cm³/mol. The summed E-state index contributed by atoms with van der Waals surface area (Å²) >= 11 is 0. The smallest absolute Gasteiger partial charge is 0.219 e. The number of hydrogen-bond acceptors (Lipinski definition) is 1. The van der Waals surface area contributed by atoms with Crippen molar-refractivity contribution >= 4 is 5.91 Å². The van der Waals surface area contributed by atoms with Gasteiger partial charge in [0, 0.05) is 19.4 Å². The van der Waals surface area contributed by atoms with Crippen molar-refractivity contribution in [3.05, 3.63) is 12.2 Å². The van der Waals surface area contributed by atoms with Crippen LogP contribution in [0.5, 0.6) is 0 Å². The van der Waals surface area contributed by atoms with E-state index in [0.717, 1.165) is 30.4 Å². The number of nitrogens with zero attached hydrogens (tertiary/aromatic N) is 1. The average Bonchev–Trinajstić information content (AvgIpc) is 2.61. The molecule has 0 rings (SSSR count). The maximum absolute atomic E-state index is 11.8. The first-order chi connectivity index (χ1) is 13.0. The Bertz CT molecular complexity index is 358. The minimum absolute atomic E-state index is 0.231. The largest absolute Gasteiger partial charge is 0.356 e. The number of nitrogens with one attached hydrogen (secondary N) is 1. The van der Waals surface area contributed by atoms with E-state index in [1.54, 1.807) is 0 Å². The summed E-state index contributed by atoms with van der Waals surface area (Å²) in [6.07, 6.45) is 23.4. The van der Waals surface area contributed by atoms with Crippen LogP contribution >= 0.6 is 0 Å². The highest BCUT2D eigenvalue weighted by Gasteiger charge is 2.06. The number of quaternary nitrogens is 1. The number of unbranched alkanes of at least 4 members (excludes halogenated alkanes) is 11. The topological polar surface area (TPSA) is 29.1 Å². The molecule has 0 heterocycles. The van der Waals surface area contributed by atoms with E-state index in [1.165, 1.54) is 77.0 Å². The standard InChI is InChI=1S/C24H48N2O/c1-5-6-7-8-9-10-11-12-13-14-15-16-17-18-19-21-24(27)25-22-20-23-26(2,3)4/h12-13H,5-11,14-23H2,1-4H3/p+1/b13-12+. The molecule has 0 fully saturated rings. The first kappa shape index (κ1) is 26.2. The SMILES string of the molecule is CCCCCCCC/C=C/CCCCCCCC(=O)NCCC[N+](C)(C)C. The lowest BCUT2D eigenvalue weighted by Crippen LogP contribution is -2.37. The molecule has 0 aromatic rings. The third-order valence-corrected chi connectivity index (χ3v) is 4.99. The summed E-state index contributed by atoms with van der Waals surface area (Å²) in [5.41, 5.74) is 0. The van der Waals surface area contributed by atoms with Gasteiger partial charge in [-0.25, -0.2) is 0 Å². The lowest BCUT2D eigenvalue weighted by molar-refractivity contribution is -0.870. The highest BCUT2D eigenvalue weighted by atomic mass is 16.1. The molecule has 1 N–H and O–H groups in total. The van der Waals surface area contributed by atoms with Crippen molar-refractivity contribution in [1.29, 1.82) is 0 Å². The molecule has 0 aromatic heterocycles. The zero-order valence-electron chi connectivity index (χ0n) is 19.0. The normalized spacial score (nSPS) is 12.0. The molecule has 0 saturated carbocycles. The molecule has 160 valence electrons. The monoisotopic (exact) mass is 381 g/mol. The van der Waals surface area contributed by atoms with Gasteiger partial charge in [0.1, 0.15) is 0 Å². The molecule has 0 aliphatic rings. The average molecular weight is 382 g/mol. The molecular weight excluding hydrogens is 332 g/mol. The van der Waals surface area contributed by atoms with Gasteiger partial charge in [-0.05, 0) is 32.1 Å². The summed E-state index contributed by atoms with van der Waals surface area (Å²) in [5.74, 6) is 0.231. The second-order valence-electron chi connectivity index (χ2n) is 9.05. The van der Waals surface area contributed by atoms with Gasteiger partial charge in [0.25, 0.3) is 0 Å². The number of amides is 1. The van der Waals surface area contributed by atoms with E-state index in [9.17, 15) is 4.79 Å². The van der Waals surface area contributed by atoms with Crippen LogP contribution in [-0.4, -0.2) is 44.6 Å². The first-order valence-corrected chi connectivity index (χ1v) is 11.7. The van der Waals surface area contributed by atoms with Gasteiger partial charge >= 0.3 is 0 Å². The van der Waals surface area contributed by atoms with E-state index in [-0.39, 0.29) is 5.91 Å². The molecule has 1 amide bonds. The van der Waals surface area contributed by atoms with E-state index in [0.29, 0.717) is 6.42 Å². The summed E-state index contributed by atoms with van der Waals surface area (Å²) in [5, 5.41) is 3.05. The van der Waals surface area contributed by atoms with Crippen LogP contribution in [0.25, 0.3) is 0 Å². The van der Waals surface area contributed by atoms with Crippen molar-refractivity contribution in [2.75, 3.05) is 34.2 Å². The van der Waals surface area contributed by atoms with Crippen molar-refractivity contribution in [2.45, 2.75) is 103 Å². The Morgan fingerprint density at radius 1 is 0.741 bits per heavy atom. The fourth-order valence-corrected chi connectivity index (χ4v) is 3.23. The maximum atomic E-state index is 11.8. The Morgan fingerprint density at radius 2 is 1.26 bits per heavy atom.